The van der Waals surface area contributed by atoms with Gasteiger partial charge in [0.2, 0.25) is 5.91 Å². The number of hydrogen-bond acceptors (Lipinski definition) is 5. The molecule has 2 atom stereocenters. The molecule has 0 bridgehead atoms. The van der Waals surface area contributed by atoms with Crippen molar-refractivity contribution in [1.82, 2.24) is 10.6 Å². The molecular weight excluding hydrogens is 372 g/mol. The van der Waals surface area contributed by atoms with Crippen molar-refractivity contribution in [3.63, 3.8) is 0 Å². The van der Waals surface area contributed by atoms with Crippen LogP contribution in [0.3, 0.4) is 0 Å². The molecule has 0 aliphatic rings. The van der Waals surface area contributed by atoms with E-state index in [4.69, 9.17) is 9.84 Å². The minimum atomic E-state index is -0.912. The number of rotatable bonds is 10. The van der Waals surface area contributed by atoms with Crippen molar-refractivity contribution < 1.29 is 24.2 Å². The minimum Gasteiger partial charge on any atom is -0.445 e. The average molecular weight is 398 g/mol. The second kappa shape index (κ2) is 11.6. The van der Waals surface area contributed by atoms with Crippen LogP contribution in [0.5, 0.6) is 0 Å². The summed E-state index contributed by atoms with van der Waals surface area (Å²) in [6, 6.07) is 16.7. The van der Waals surface area contributed by atoms with E-state index in [1.54, 1.807) is 6.92 Å². The molecule has 0 aliphatic carbocycles. The Hall–Kier alpha value is -3.19. The monoisotopic (exact) mass is 398 g/mol. The van der Waals surface area contributed by atoms with Gasteiger partial charge in [-0.25, -0.2) is 4.79 Å². The van der Waals surface area contributed by atoms with Crippen molar-refractivity contribution in [3.8, 4) is 0 Å². The zero-order valence-corrected chi connectivity index (χ0v) is 16.3. The second-order valence-corrected chi connectivity index (χ2v) is 6.62. The van der Waals surface area contributed by atoms with Crippen molar-refractivity contribution in [2.75, 3.05) is 6.61 Å². The zero-order valence-electron chi connectivity index (χ0n) is 16.3. The van der Waals surface area contributed by atoms with Crippen molar-refractivity contribution >= 4 is 17.8 Å². The van der Waals surface area contributed by atoms with Gasteiger partial charge in [0.25, 0.3) is 0 Å². The maximum atomic E-state index is 12.7. The van der Waals surface area contributed by atoms with E-state index in [0.717, 1.165) is 11.1 Å². The van der Waals surface area contributed by atoms with E-state index >= 15 is 0 Å². The number of alkyl carbamates (subject to hydrolysis) is 1. The molecule has 0 saturated carbocycles. The molecule has 3 N–H and O–H groups in total. The highest BCUT2D eigenvalue weighted by Gasteiger charge is 2.25. The summed E-state index contributed by atoms with van der Waals surface area (Å²) in [5, 5.41) is 14.1. The van der Waals surface area contributed by atoms with Crippen LogP contribution < -0.4 is 10.6 Å². The molecular formula is C22H26N2O5. The molecule has 0 saturated heterocycles. The molecule has 0 radical (unpaired) electrons. The normalized spacial score (nSPS) is 12.5. The smallest absolute Gasteiger partial charge is 0.408 e. The van der Waals surface area contributed by atoms with Crippen molar-refractivity contribution in [1.29, 1.82) is 0 Å². The van der Waals surface area contributed by atoms with Gasteiger partial charge >= 0.3 is 6.09 Å². The van der Waals surface area contributed by atoms with Gasteiger partial charge in [0.05, 0.1) is 12.6 Å². The van der Waals surface area contributed by atoms with Crippen LogP contribution in [0.25, 0.3) is 0 Å². The highest BCUT2D eigenvalue weighted by Crippen LogP contribution is 2.06. The first-order valence-corrected chi connectivity index (χ1v) is 9.44. The number of aliphatic hydroxyl groups is 1. The molecule has 0 heterocycles. The summed E-state index contributed by atoms with van der Waals surface area (Å²) in [4.78, 5) is 36.8. The van der Waals surface area contributed by atoms with Gasteiger partial charge in [-0.15, -0.1) is 0 Å². The van der Waals surface area contributed by atoms with Crippen LogP contribution in [0.15, 0.2) is 60.7 Å². The number of nitrogens with one attached hydrogen (secondary N) is 2. The van der Waals surface area contributed by atoms with Crippen LogP contribution >= 0.6 is 0 Å². The Kier molecular flexibility index (Phi) is 8.85. The van der Waals surface area contributed by atoms with E-state index in [2.05, 4.69) is 10.6 Å². The van der Waals surface area contributed by atoms with E-state index in [9.17, 15) is 14.4 Å². The van der Waals surface area contributed by atoms with Gasteiger partial charge in [-0.05, 0) is 18.1 Å². The van der Waals surface area contributed by atoms with Crippen LogP contribution in [0, 0.1) is 0 Å². The highest BCUT2D eigenvalue weighted by atomic mass is 16.5. The van der Waals surface area contributed by atoms with Gasteiger partial charge in [0, 0.05) is 12.8 Å². The molecule has 7 heteroatoms. The number of benzene rings is 2. The van der Waals surface area contributed by atoms with E-state index < -0.39 is 24.1 Å². The molecule has 154 valence electrons. The first-order chi connectivity index (χ1) is 14.0. The molecule has 29 heavy (non-hydrogen) atoms. The Labute approximate surface area is 170 Å². The molecule has 0 spiro atoms. The summed E-state index contributed by atoms with van der Waals surface area (Å²) in [5.41, 5.74) is 1.68. The van der Waals surface area contributed by atoms with E-state index in [1.165, 1.54) is 0 Å². The lowest BCUT2D eigenvalue weighted by atomic mass is 10.0. The van der Waals surface area contributed by atoms with Gasteiger partial charge in [-0.2, -0.15) is 0 Å². The average Bonchev–Trinajstić information content (AvgIpc) is 2.73. The largest absolute Gasteiger partial charge is 0.445 e. The van der Waals surface area contributed by atoms with Crippen LogP contribution in [0.4, 0.5) is 4.79 Å². The Balaban J connectivity index is 2.00. The number of carbonyl (C=O) groups excluding carboxylic acids is 3. The maximum Gasteiger partial charge on any atom is 0.408 e. The third-order valence-electron chi connectivity index (χ3n) is 4.30. The Bertz CT molecular complexity index is 795. The number of ketones is 1. The fourth-order valence-corrected chi connectivity index (χ4v) is 2.69. The summed E-state index contributed by atoms with van der Waals surface area (Å²) in [5.74, 6) is -0.782. The molecule has 2 aromatic carbocycles. The number of carbonyl (C=O) groups is 3. The molecule has 2 rings (SSSR count). The van der Waals surface area contributed by atoms with Gasteiger partial charge in [-0.3, -0.25) is 9.59 Å². The predicted octanol–water partition coefficient (Wildman–Crippen LogP) is 1.98. The van der Waals surface area contributed by atoms with E-state index in [0.29, 0.717) is 0 Å². The first kappa shape index (κ1) is 22.1. The number of ether oxygens (including phenoxy) is 1. The highest BCUT2D eigenvalue weighted by molar-refractivity contribution is 5.92. The lowest BCUT2D eigenvalue weighted by molar-refractivity contribution is -0.128. The number of aliphatic hydroxyl groups excluding tert-OH is 1. The number of Topliss-reactive ketones (excluding diaryl/α,β-unsaturated/α-hetero) is 1. The van der Waals surface area contributed by atoms with Crippen LogP contribution in [-0.2, 0) is 27.4 Å². The fraction of sp³-hybridized carbons (Fsp3) is 0.318. The standard InChI is InChI=1S/C22H26N2O5/c1-16(20(26)12-13-25)23-21(27)19(14-17-8-4-2-5-9-17)24-22(28)29-15-18-10-6-3-7-11-18/h2-11,16,19,25H,12-15H2,1H3,(H,23,27)(H,24,28)/t16-,19+/m1/s1. The molecule has 0 aliphatic heterocycles. The van der Waals surface area contributed by atoms with Crippen LogP contribution in [0.1, 0.15) is 24.5 Å². The summed E-state index contributed by atoms with van der Waals surface area (Å²) in [6.45, 7) is 1.34. The summed E-state index contributed by atoms with van der Waals surface area (Å²) < 4.78 is 5.21. The topological polar surface area (TPSA) is 105 Å². The quantitative estimate of drug-likeness (QED) is 0.568. The lowest BCUT2D eigenvalue weighted by Gasteiger charge is -2.21. The van der Waals surface area contributed by atoms with Gasteiger partial charge in [0.1, 0.15) is 12.6 Å². The van der Waals surface area contributed by atoms with Crippen LogP contribution in [-0.4, -0.2) is 41.6 Å². The van der Waals surface area contributed by atoms with Gasteiger partial charge < -0.3 is 20.5 Å². The molecule has 0 aromatic heterocycles. The first-order valence-electron chi connectivity index (χ1n) is 9.44. The summed E-state index contributed by atoms with van der Waals surface area (Å²) in [6.07, 6.45) is -0.523. The van der Waals surface area contributed by atoms with Crippen molar-refractivity contribution in [3.05, 3.63) is 71.8 Å². The summed E-state index contributed by atoms with van der Waals surface area (Å²) >= 11 is 0. The van der Waals surface area contributed by atoms with Crippen LogP contribution in [0.2, 0.25) is 0 Å². The molecule has 0 unspecified atom stereocenters. The van der Waals surface area contributed by atoms with E-state index in [1.807, 2.05) is 60.7 Å². The molecule has 2 aromatic rings. The molecule has 7 nitrogen and oxygen atoms in total. The van der Waals surface area contributed by atoms with Crippen molar-refractivity contribution in [2.24, 2.45) is 0 Å². The molecule has 0 fully saturated rings. The lowest BCUT2D eigenvalue weighted by Crippen LogP contribution is -2.51. The van der Waals surface area contributed by atoms with Gasteiger partial charge in [-0.1, -0.05) is 60.7 Å². The SMILES string of the molecule is C[C@@H](NC(=O)[C@H](Cc1ccccc1)NC(=O)OCc1ccccc1)C(=O)CCO. The number of hydrogen-bond donors (Lipinski definition) is 3. The predicted molar refractivity (Wildman–Crippen MR) is 108 cm³/mol. The van der Waals surface area contributed by atoms with E-state index in [-0.39, 0.29) is 31.8 Å². The number of amides is 2. The second-order valence-electron chi connectivity index (χ2n) is 6.62. The molecule has 2 amide bonds. The maximum absolute atomic E-state index is 12.7. The Morgan fingerprint density at radius 1 is 0.931 bits per heavy atom. The van der Waals surface area contributed by atoms with Gasteiger partial charge in [0.15, 0.2) is 5.78 Å². The third kappa shape index (κ3) is 7.75. The minimum absolute atomic E-state index is 0.0443. The fourth-order valence-electron chi connectivity index (χ4n) is 2.69. The van der Waals surface area contributed by atoms with Crippen molar-refractivity contribution in [2.45, 2.75) is 38.5 Å². The summed E-state index contributed by atoms with van der Waals surface area (Å²) in [7, 11) is 0. The Morgan fingerprint density at radius 2 is 1.52 bits per heavy atom. The Morgan fingerprint density at radius 3 is 2.10 bits per heavy atom. The zero-order chi connectivity index (χ0) is 21.1. The third-order valence-corrected chi connectivity index (χ3v) is 4.30.